The first-order valence-electron chi connectivity index (χ1n) is 6.36. The molecule has 19 heavy (non-hydrogen) atoms. The maximum atomic E-state index is 13.2. The first-order valence-corrected chi connectivity index (χ1v) is 6.36. The van der Waals surface area contributed by atoms with Gasteiger partial charge in [-0.15, -0.1) is 0 Å². The Morgan fingerprint density at radius 1 is 1.16 bits per heavy atom. The number of ether oxygens (including phenoxy) is 2. The molecule has 1 aromatic carbocycles. The summed E-state index contributed by atoms with van der Waals surface area (Å²) in [5.74, 6) is 0.287. The van der Waals surface area contributed by atoms with E-state index in [2.05, 4.69) is 13.8 Å². The number of rotatable bonds is 8. The van der Waals surface area contributed by atoms with Crippen molar-refractivity contribution in [1.82, 2.24) is 0 Å². The minimum Gasteiger partial charge on any atom is -0.491 e. The molecule has 0 bridgehead atoms. The largest absolute Gasteiger partial charge is 0.491 e. The minimum atomic E-state index is -1.71. The molecule has 4 nitrogen and oxygen atoms in total. The molecule has 0 aliphatic rings. The van der Waals surface area contributed by atoms with Crippen molar-refractivity contribution in [2.45, 2.75) is 20.3 Å². The molecule has 1 aromatic rings. The fourth-order valence-corrected chi connectivity index (χ4v) is 1.46. The molecule has 0 heterocycles. The van der Waals surface area contributed by atoms with Crippen LogP contribution < -0.4 is 10.2 Å². The van der Waals surface area contributed by atoms with Gasteiger partial charge >= 0.3 is 7.12 Å². The highest BCUT2D eigenvalue weighted by molar-refractivity contribution is 6.58. The predicted octanol–water partition coefficient (Wildman–Crippen LogP) is 0.947. The standard InChI is InChI=1S/C13H20BFO4/c1-10(2)3-4-18-5-6-19-13-8-11(14(16)17)7-12(15)9-13/h7-10,16-17H,3-6H2,1-2H3. The second kappa shape index (κ2) is 8.14. The number of halogens is 1. The van der Waals surface area contributed by atoms with Crippen LogP contribution in [-0.4, -0.2) is 37.0 Å². The normalized spacial score (nSPS) is 10.8. The van der Waals surface area contributed by atoms with E-state index in [1.165, 1.54) is 12.1 Å². The summed E-state index contributed by atoms with van der Waals surface area (Å²) in [5.41, 5.74) is 0.0655. The van der Waals surface area contributed by atoms with E-state index in [1.807, 2.05) is 0 Å². The third-order valence-corrected chi connectivity index (χ3v) is 2.53. The molecule has 1 rings (SSSR count). The summed E-state index contributed by atoms with van der Waals surface area (Å²) in [6, 6.07) is 3.64. The number of hydrogen-bond donors (Lipinski definition) is 2. The fourth-order valence-electron chi connectivity index (χ4n) is 1.46. The molecular weight excluding hydrogens is 250 g/mol. The summed E-state index contributed by atoms with van der Waals surface area (Å²) >= 11 is 0. The van der Waals surface area contributed by atoms with Gasteiger partial charge in [-0.2, -0.15) is 0 Å². The summed E-state index contributed by atoms with van der Waals surface area (Å²) in [7, 11) is -1.71. The molecule has 2 N–H and O–H groups in total. The zero-order chi connectivity index (χ0) is 14.3. The summed E-state index contributed by atoms with van der Waals surface area (Å²) in [6.07, 6.45) is 0.987. The quantitative estimate of drug-likeness (QED) is 0.545. The van der Waals surface area contributed by atoms with Crippen molar-refractivity contribution < 1.29 is 23.9 Å². The van der Waals surface area contributed by atoms with Gasteiger partial charge in [-0.25, -0.2) is 4.39 Å². The second-order valence-electron chi connectivity index (χ2n) is 4.74. The van der Waals surface area contributed by atoms with E-state index < -0.39 is 12.9 Å². The van der Waals surface area contributed by atoms with Crippen molar-refractivity contribution in [1.29, 1.82) is 0 Å². The van der Waals surface area contributed by atoms with E-state index in [1.54, 1.807) is 0 Å². The van der Waals surface area contributed by atoms with Crippen LogP contribution in [-0.2, 0) is 4.74 Å². The van der Waals surface area contributed by atoms with Gasteiger partial charge in [-0.1, -0.05) is 13.8 Å². The third-order valence-electron chi connectivity index (χ3n) is 2.53. The summed E-state index contributed by atoms with van der Waals surface area (Å²) in [5, 5.41) is 17.9. The Morgan fingerprint density at radius 3 is 2.53 bits per heavy atom. The first-order chi connectivity index (χ1) is 8.99. The van der Waals surface area contributed by atoms with Gasteiger partial charge in [-0.3, -0.25) is 0 Å². The molecule has 0 unspecified atom stereocenters. The molecule has 0 amide bonds. The Labute approximate surface area is 113 Å². The molecule has 0 aromatic heterocycles. The maximum absolute atomic E-state index is 13.2. The van der Waals surface area contributed by atoms with Crippen LogP contribution in [0.25, 0.3) is 0 Å². The van der Waals surface area contributed by atoms with E-state index in [0.29, 0.717) is 25.7 Å². The Kier molecular flexibility index (Phi) is 6.84. The molecule has 6 heteroatoms. The van der Waals surface area contributed by atoms with Crippen molar-refractivity contribution in [2.75, 3.05) is 19.8 Å². The molecule has 0 aliphatic heterocycles. The van der Waals surface area contributed by atoms with Gasteiger partial charge < -0.3 is 19.5 Å². The van der Waals surface area contributed by atoms with Gasteiger partial charge in [0.1, 0.15) is 18.2 Å². The van der Waals surface area contributed by atoms with Crippen LogP contribution in [0.5, 0.6) is 5.75 Å². The van der Waals surface area contributed by atoms with E-state index in [9.17, 15) is 4.39 Å². The van der Waals surface area contributed by atoms with Crippen molar-refractivity contribution in [3.63, 3.8) is 0 Å². The van der Waals surface area contributed by atoms with Crippen LogP contribution in [0.2, 0.25) is 0 Å². The average Bonchev–Trinajstić information content (AvgIpc) is 2.32. The smallest absolute Gasteiger partial charge is 0.488 e. The summed E-state index contributed by atoms with van der Waals surface area (Å²) < 4.78 is 23.8. The maximum Gasteiger partial charge on any atom is 0.488 e. The second-order valence-corrected chi connectivity index (χ2v) is 4.74. The van der Waals surface area contributed by atoms with Gasteiger partial charge in [0, 0.05) is 12.7 Å². The van der Waals surface area contributed by atoms with Crippen LogP contribution in [0.3, 0.4) is 0 Å². The monoisotopic (exact) mass is 270 g/mol. The molecule has 0 atom stereocenters. The van der Waals surface area contributed by atoms with Crippen LogP contribution in [0.4, 0.5) is 4.39 Å². The van der Waals surface area contributed by atoms with Crippen LogP contribution in [0.1, 0.15) is 20.3 Å². The van der Waals surface area contributed by atoms with Gasteiger partial charge in [0.15, 0.2) is 0 Å². The fraction of sp³-hybridized carbons (Fsp3) is 0.538. The number of benzene rings is 1. The molecule has 0 saturated carbocycles. The molecule has 0 fully saturated rings. The molecule has 0 radical (unpaired) electrons. The SMILES string of the molecule is CC(C)CCOCCOc1cc(F)cc(B(O)O)c1. The van der Waals surface area contributed by atoms with Crippen molar-refractivity contribution in [2.24, 2.45) is 5.92 Å². The number of hydrogen-bond acceptors (Lipinski definition) is 4. The van der Waals surface area contributed by atoms with E-state index in [4.69, 9.17) is 19.5 Å². The van der Waals surface area contributed by atoms with E-state index in [-0.39, 0.29) is 11.2 Å². The predicted molar refractivity (Wildman–Crippen MR) is 72.0 cm³/mol. The average molecular weight is 270 g/mol. The third kappa shape index (κ3) is 6.56. The van der Waals surface area contributed by atoms with Gasteiger partial charge in [0.25, 0.3) is 0 Å². The van der Waals surface area contributed by atoms with Crippen molar-refractivity contribution in [3.8, 4) is 5.75 Å². The van der Waals surface area contributed by atoms with Crippen molar-refractivity contribution >= 4 is 12.6 Å². The Morgan fingerprint density at radius 2 is 1.89 bits per heavy atom. The van der Waals surface area contributed by atoms with E-state index in [0.717, 1.165) is 12.5 Å². The van der Waals surface area contributed by atoms with Gasteiger partial charge in [0.2, 0.25) is 0 Å². The van der Waals surface area contributed by atoms with Crippen LogP contribution in [0, 0.1) is 11.7 Å². The lowest BCUT2D eigenvalue weighted by Gasteiger charge is -2.09. The van der Waals surface area contributed by atoms with Crippen LogP contribution >= 0.6 is 0 Å². The summed E-state index contributed by atoms with van der Waals surface area (Å²) in [6.45, 7) is 5.62. The van der Waals surface area contributed by atoms with E-state index >= 15 is 0 Å². The van der Waals surface area contributed by atoms with Gasteiger partial charge in [-0.05, 0) is 29.9 Å². The topological polar surface area (TPSA) is 58.9 Å². The minimum absolute atomic E-state index is 0.0655. The molecule has 0 aliphatic carbocycles. The van der Waals surface area contributed by atoms with Crippen molar-refractivity contribution in [3.05, 3.63) is 24.0 Å². The molecule has 106 valence electrons. The zero-order valence-electron chi connectivity index (χ0n) is 11.3. The Hall–Kier alpha value is -1.11. The molecule has 0 spiro atoms. The molecule has 0 saturated heterocycles. The highest BCUT2D eigenvalue weighted by Gasteiger charge is 2.13. The summed E-state index contributed by atoms with van der Waals surface area (Å²) in [4.78, 5) is 0. The Balaban J connectivity index is 2.33. The molecular formula is C13H20BFO4. The highest BCUT2D eigenvalue weighted by Crippen LogP contribution is 2.11. The highest BCUT2D eigenvalue weighted by atomic mass is 19.1. The van der Waals surface area contributed by atoms with Gasteiger partial charge in [0.05, 0.1) is 6.61 Å². The zero-order valence-corrected chi connectivity index (χ0v) is 11.3. The Bertz CT molecular complexity index is 385. The lowest BCUT2D eigenvalue weighted by atomic mass is 9.80. The lowest BCUT2D eigenvalue weighted by Crippen LogP contribution is -2.30. The first kappa shape index (κ1) is 16.0. The lowest BCUT2D eigenvalue weighted by molar-refractivity contribution is 0.0925. The van der Waals surface area contributed by atoms with Crippen LogP contribution in [0.15, 0.2) is 18.2 Å².